The maximum absolute atomic E-state index is 10.5. The smallest absolute Gasteiger partial charge is 0.332 e. The van der Waals surface area contributed by atoms with Crippen molar-refractivity contribution in [1.82, 2.24) is 4.90 Å². The number of carbonyl (C=O) groups is 2. The summed E-state index contributed by atoms with van der Waals surface area (Å²) in [6.07, 6.45) is 18.0. The van der Waals surface area contributed by atoms with Gasteiger partial charge in [0.05, 0.1) is 0 Å². The molecule has 0 fully saturated rings. The van der Waals surface area contributed by atoms with Crippen molar-refractivity contribution in [2.24, 2.45) is 5.73 Å². The van der Waals surface area contributed by atoms with Crippen molar-refractivity contribution < 1.29 is 19.8 Å². The second kappa shape index (κ2) is 27.9. The molecule has 0 aliphatic heterocycles. The number of amides is 1. The SMILES string of the molecule is CC(O)C(=O)O.CCCCCCCCCCCCCCCC(N)=O.CCCN(C)C. The van der Waals surface area contributed by atoms with E-state index < -0.39 is 12.1 Å². The van der Waals surface area contributed by atoms with Gasteiger partial charge < -0.3 is 20.8 Å². The molecular weight excluding hydrogens is 380 g/mol. The fraction of sp³-hybridized carbons (Fsp3) is 0.917. The minimum Gasteiger partial charge on any atom is -0.479 e. The zero-order chi connectivity index (χ0) is 23.6. The Bertz CT molecular complexity index is 361. The molecule has 0 rings (SSSR count). The van der Waals surface area contributed by atoms with Crippen LogP contribution in [0, 0.1) is 0 Å². The molecule has 30 heavy (non-hydrogen) atoms. The number of nitrogens with two attached hydrogens (primary N) is 1. The van der Waals surface area contributed by atoms with Gasteiger partial charge in [-0.25, -0.2) is 4.79 Å². The van der Waals surface area contributed by atoms with Gasteiger partial charge in [-0.15, -0.1) is 0 Å². The lowest BCUT2D eigenvalue weighted by Gasteiger charge is -2.03. The van der Waals surface area contributed by atoms with Gasteiger partial charge in [0.25, 0.3) is 0 Å². The molecule has 0 saturated carbocycles. The van der Waals surface area contributed by atoms with E-state index in [4.69, 9.17) is 15.9 Å². The Kier molecular flexibility index (Phi) is 31.1. The zero-order valence-electron chi connectivity index (χ0n) is 20.6. The predicted octanol–water partition coefficient (Wildman–Crippen LogP) is 5.36. The van der Waals surface area contributed by atoms with Crippen LogP contribution in [0.25, 0.3) is 0 Å². The van der Waals surface area contributed by atoms with Crippen LogP contribution in [0.15, 0.2) is 0 Å². The Morgan fingerprint density at radius 2 is 1.10 bits per heavy atom. The van der Waals surface area contributed by atoms with E-state index in [1.165, 1.54) is 96.9 Å². The molecule has 1 unspecified atom stereocenters. The molecule has 0 saturated heterocycles. The molecule has 0 aromatic rings. The van der Waals surface area contributed by atoms with Gasteiger partial charge in [0, 0.05) is 6.42 Å². The van der Waals surface area contributed by atoms with Gasteiger partial charge in [-0.3, -0.25) is 4.79 Å². The van der Waals surface area contributed by atoms with E-state index in [2.05, 4.69) is 32.8 Å². The van der Waals surface area contributed by atoms with E-state index in [0.29, 0.717) is 6.42 Å². The van der Waals surface area contributed by atoms with Crippen LogP contribution in [-0.2, 0) is 9.59 Å². The number of hydrogen-bond donors (Lipinski definition) is 3. The molecule has 0 heterocycles. The fourth-order valence-electron chi connectivity index (χ4n) is 2.76. The summed E-state index contributed by atoms with van der Waals surface area (Å²) in [6.45, 7) is 6.85. The van der Waals surface area contributed by atoms with E-state index in [1.54, 1.807) is 0 Å². The summed E-state index contributed by atoms with van der Waals surface area (Å²) in [5.74, 6) is -1.34. The van der Waals surface area contributed by atoms with Gasteiger partial charge in [-0.1, -0.05) is 90.9 Å². The van der Waals surface area contributed by atoms with Crippen LogP contribution in [0.1, 0.15) is 117 Å². The Morgan fingerprint density at radius 1 is 0.767 bits per heavy atom. The monoisotopic (exact) mass is 432 g/mol. The first-order valence-corrected chi connectivity index (χ1v) is 12.0. The first-order valence-electron chi connectivity index (χ1n) is 12.0. The van der Waals surface area contributed by atoms with Crippen LogP contribution in [0.5, 0.6) is 0 Å². The number of primary amides is 1. The van der Waals surface area contributed by atoms with E-state index in [9.17, 15) is 9.59 Å². The molecule has 0 aliphatic rings. The Morgan fingerprint density at radius 3 is 1.30 bits per heavy atom. The first-order chi connectivity index (χ1) is 14.2. The summed E-state index contributed by atoms with van der Waals surface area (Å²) in [7, 11) is 4.17. The van der Waals surface area contributed by atoms with E-state index >= 15 is 0 Å². The van der Waals surface area contributed by atoms with Crippen LogP contribution < -0.4 is 5.73 Å². The van der Waals surface area contributed by atoms with Gasteiger partial charge in [-0.2, -0.15) is 0 Å². The maximum Gasteiger partial charge on any atom is 0.332 e. The quantitative estimate of drug-likeness (QED) is 0.268. The van der Waals surface area contributed by atoms with Gasteiger partial charge in [0.1, 0.15) is 6.10 Å². The number of aliphatic carboxylic acids is 1. The van der Waals surface area contributed by atoms with E-state index in [1.807, 2.05) is 0 Å². The van der Waals surface area contributed by atoms with Gasteiger partial charge in [0.15, 0.2) is 0 Å². The molecule has 0 aliphatic carbocycles. The largest absolute Gasteiger partial charge is 0.479 e. The Balaban J connectivity index is -0.000000495. The minimum absolute atomic E-state index is 0.155. The summed E-state index contributed by atoms with van der Waals surface area (Å²) in [5.41, 5.74) is 5.09. The summed E-state index contributed by atoms with van der Waals surface area (Å²) < 4.78 is 0. The zero-order valence-corrected chi connectivity index (χ0v) is 20.6. The molecule has 0 aromatic heterocycles. The third kappa shape index (κ3) is 41.3. The third-order valence-corrected chi connectivity index (χ3v) is 4.55. The molecule has 1 amide bonds. The summed E-state index contributed by atoms with van der Waals surface area (Å²) in [5, 5.41) is 15.8. The average molecular weight is 433 g/mol. The van der Waals surface area contributed by atoms with Crippen molar-refractivity contribution in [2.45, 2.75) is 123 Å². The highest BCUT2D eigenvalue weighted by molar-refractivity contribution is 5.73. The standard InChI is InChI=1S/C16H33NO.C5H13N.C3H6O3/c1-2-3-4-5-6-7-8-9-10-11-12-13-14-15-16(17)18;1-4-5-6(2)3;1-2(4)3(5)6/h2-15H2,1H3,(H2,17,18);4-5H2,1-3H3;2,4H,1H3,(H,5,6). The van der Waals surface area contributed by atoms with Crippen LogP contribution in [0.4, 0.5) is 0 Å². The number of carboxylic acids is 1. The van der Waals surface area contributed by atoms with E-state index in [0.717, 1.165) is 6.42 Å². The Hall–Kier alpha value is -1.14. The lowest BCUT2D eigenvalue weighted by Crippen LogP contribution is -2.13. The third-order valence-electron chi connectivity index (χ3n) is 4.55. The van der Waals surface area contributed by atoms with Crippen LogP contribution in [-0.4, -0.2) is 53.7 Å². The van der Waals surface area contributed by atoms with Crippen molar-refractivity contribution in [1.29, 1.82) is 0 Å². The minimum atomic E-state index is -1.23. The highest BCUT2D eigenvalue weighted by Gasteiger charge is 2.01. The van der Waals surface area contributed by atoms with Crippen LogP contribution >= 0.6 is 0 Å². The number of nitrogens with zero attached hydrogens (tertiary/aromatic N) is 1. The summed E-state index contributed by atoms with van der Waals surface area (Å²) in [4.78, 5) is 22.2. The summed E-state index contributed by atoms with van der Waals surface area (Å²) >= 11 is 0. The van der Waals surface area contributed by atoms with Crippen molar-refractivity contribution in [3.8, 4) is 0 Å². The number of unbranched alkanes of at least 4 members (excludes halogenated alkanes) is 12. The molecule has 6 heteroatoms. The van der Waals surface area contributed by atoms with Crippen molar-refractivity contribution in [3.63, 3.8) is 0 Å². The van der Waals surface area contributed by atoms with Crippen molar-refractivity contribution >= 4 is 11.9 Å². The molecule has 182 valence electrons. The van der Waals surface area contributed by atoms with Crippen molar-refractivity contribution in [2.75, 3.05) is 20.6 Å². The van der Waals surface area contributed by atoms with Crippen LogP contribution in [0.3, 0.4) is 0 Å². The van der Waals surface area contributed by atoms with Gasteiger partial charge in [0.2, 0.25) is 5.91 Å². The highest BCUT2D eigenvalue weighted by Crippen LogP contribution is 2.12. The number of carbonyl (C=O) groups excluding carboxylic acids is 1. The lowest BCUT2D eigenvalue weighted by atomic mass is 10.0. The number of aliphatic hydroxyl groups is 1. The molecule has 1 atom stereocenters. The molecule has 0 bridgehead atoms. The van der Waals surface area contributed by atoms with Crippen molar-refractivity contribution in [3.05, 3.63) is 0 Å². The normalized spacial score (nSPS) is 11.2. The predicted molar refractivity (Wildman–Crippen MR) is 128 cm³/mol. The lowest BCUT2D eigenvalue weighted by molar-refractivity contribution is -0.145. The fourth-order valence-corrected chi connectivity index (χ4v) is 2.76. The van der Waals surface area contributed by atoms with Gasteiger partial charge in [-0.05, 0) is 40.4 Å². The topological polar surface area (TPSA) is 104 Å². The number of carboxylic acid groups (broad SMARTS) is 1. The molecule has 0 aromatic carbocycles. The highest BCUT2D eigenvalue weighted by atomic mass is 16.4. The number of aliphatic hydroxyl groups excluding tert-OH is 1. The van der Waals surface area contributed by atoms with Crippen LogP contribution in [0.2, 0.25) is 0 Å². The number of hydrogen-bond acceptors (Lipinski definition) is 4. The Labute approximate surface area is 186 Å². The average Bonchev–Trinajstić information content (AvgIpc) is 2.66. The van der Waals surface area contributed by atoms with E-state index in [-0.39, 0.29) is 5.91 Å². The maximum atomic E-state index is 10.5. The summed E-state index contributed by atoms with van der Waals surface area (Å²) in [6, 6.07) is 0. The molecule has 0 spiro atoms. The second-order valence-electron chi connectivity index (χ2n) is 8.28. The molecular formula is C24H52N2O4. The van der Waals surface area contributed by atoms with Gasteiger partial charge >= 0.3 is 5.97 Å². The second-order valence-corrected chi connectivity index (χ2v) is 8.28. The number of rotatable bonds is 17. The molecule has 6 nitrogen and oxygen atoms in total. The molecule has 0 radical (unpaired) electrons. The first kappa shape index (κ1) is 33.5. The molecule has 4 N–H and O–H groups in total.